The Bertz CT molecular complexity index is 2220. The molecule has 43 heavy (non-hydrogen) atoms. The monoisotopic (exact) mass is 551 g/mol. The molecule has 5 nitrogen and oxygen atoms in total. The van der Waals surface area contributed by atoms with Crippen molar-refractivity contribution in [2.45, 2.75) is 6.42 Å². The standard InChI is InChI=1S/C38H25N5/c39-21-25-5-6-28-20-29(8-7-27(28)19-25)31-12-16-36(42-23-31)35-15-11-30(22-41-35)26-9-13-32(14-10-26)43-37-4-2-1-3-33(37)34-17-18-40-24-38(34)43/h1-16,19-20,22-24H,17-18H2. The lowest BCUT2D eigenvalue weighted by Crippen LogP contribution is -2.06. The van der Waals surface area contributed by atoms with Gasteiger partial charge in [-0.25, -0.2) is 0 Å². The Balaban J connectivity index is 1.04. The van der Waals surface area contributed by atoms with Gasteiger partial charge in [-0.05, 0) is 82.4 Å². The zero-order chi connectivity index (χ0) is 28.8. The van der Waals surface area contributed by atoms with Gasteiger partial charge in [-0.3, -0.25) is 15.0 Å². The molecule has 0 fully saturated rings. The van der Waals surface area contributed by atoms with Crippen LogP contribution in [0, 0.1) is 11.3 Å². The molecule has 0 bridgehead atoms. The summed E-state index contributed by atoms with van der Waals surface area (Å²) in [6, 6.07) is 39.7. The average molecular weight is 552 g/mol. The number of hydrogen-bond donors (Lipinski definition) is 0. The number of hydrogen-bond acceptors (Lipinski definition) is 4. The van der Waals surface area contributed by atoms with Crippen LogP contribution in [0.1, 0.15) is 16.8 Å². The van der Waals surface area contributed by atoms with E-state index in [9.17, 15) is 0 Å². The van der Waals surface area contributed by atoms with Crippen LogP contribution in [0.3, 0.4) is 0 Å². The number of para-hydroxylation sites is 1. The van der Waals surface area contributed by atoms with Gasteiger partial charge < -0.3 is 4.57 Å². The first-order valence-electron chi connectivity index (χ1n) is 14.3. The van der Waals surface area contributed by atoms with Crippen LogP contribution in [0.15, 0.2) is 127 Å². The first-order valence-corrected chi connectivity index (χ1v) is 14.3. The zero-order valence-corrected chi connectivity index (χ0v) is 23.3. The van der Waals surface area contributed by atoms with Crippen LogP contribution in [0.5, 0.6) is 0 Å². The molecule has 0 atom stereocenters. The van der Waals surface area contributed by atoms with E-state index in [4.69, 9.17) is 15.2 Å². The lowest BCUT2D eigenvalue weighted by atomic mass is 10.0. The molecule has 7 aromatic rings. The highest BCUT2D eigenvalue weighted by Crippen LogP contribution is 2.32. The van der Waals surface area contributed by atoms with Crippen molar-refractivity contribution < 1.29 is 0 Å². The third-order valence-electron chi connectivity index (χ3n) is 8.28. The van der Waals surface area contributed by atoms with Crippen molar-refractivity contribution in [2.24, 2.45) is 4.99 Å². The maximum atomic E-state index is 9.16. The normalized spacial score (nSPS) is 12.3. The van der Waals surface area contributed by atoms with Crippen molar-refractivity contribution in [1.82, 2.24) is 14.5 Å². The highest BCUT2D eigenvalue weighted by Gasteiger charge is 2.18. The van der Waals surface area contributed by atoms with E-state index < -0.39 is 0 Å². The van der Waals surface area contributed by atoms with Gasteiger partial charge in [0.25, 0.3) is 0 Å². The number of fused-ring (bicyclic) bond motifs is 4. The fraction of sp³-hybridized carbons (Fsp3) is 0.0526. The van der Waals surface area contributed by atoms with Gasteiger partial charge in [-0.15, -0.1) is 0 Å². The molecule has 0 aliphatic carbocycles. The van der Waals surface area contributed by atoms with Crippen molar-refractivity contribution in [3.63, 3.8) is 0 Å². The van der Waals surface area contributed by atoms with Crippen molar-refractivity contribution in [3.8, 4) is 45.4 Å². The van der Waals surface area contributed by atoms with Crippen LogP contribution >= 0.6 is 0 Å². The molecule has 1 aliphatic rings. The van der Waals surface area contributed by atoms with Crippen LogP contribution in [-0.4, -0.2) is 27.3 Å². The molecule has 0 saturated heterocycles. The molecule has 202 valence electrons. The predicted octanol–water partition coefficient (Wildman–Crippen LogP) is 8.42. The van der Waals surface area contributed by atoms with Crippen LogP contribution in [0.2, 0.25) is 0 Å². The minimum absolute atomic E-state index is 0.668. The second-order valence-electron chi connectivity index (χ2n) is 10.8. The number of rotatable bonds is 4. The Morgan fingerprint density at radius 2 is 1.33 bits per heavy atom. The van der Waals surface area contributed by atoms with E-state index in [1.165, 1.54) is 22.2 Å². The molecule has 8 rings (SSSR count). The van der Waals surface area contributed by atoms with Crippen LogP contribution < -0.4 is 0 Å². The fourth-order valence-corrected chi connectivity index (χ4v) is 6.06. The molecule has 0 unspecified atom stereocenters. The summed E-state index contributed by atoms with van der Waals surface area (Å²) in [6.45, 7) is 0.846. The molecule has 4 aromatic carbocycles. The van der Waals surface area contributed by atoms with E-state index in [0.29, 0.717) is 5.56 Å². The van der Waals surface area contributed by atoms with Crippen molar-refractivity contribution >= 4 is 27.9 Å². The van der Waals surface area contributed by atoms with Crippen LogP contribution in [0.4, 0.5) is 0 Å². The van der Waals surface area contributed by atoms with Crippen molar-refractivity contribution in [1.29, 1.82) is 5.26 Å². The summed E-state index contributed by atoms with van der Waals surface area (Å²) in [5.41, 5.74) is 11.5. The minimum Gasteiger partial charge on any atom is -0.308 e. The fourth-order valence-electron chi connectivity index (χ4n) is 6.06. The summed E-state index contributed by atoms with van der Waals surface area (Å²) in [5, 5.41) is 12.6. The van der Waals surface area contributed by atoms with Crippen molar-refractivity contribution in [2.75, 3.05) is 6.54 Å². The molecule has 4 heterocycles. The molecule has 1 aliphatic heterocycles. The zero-order valence-electron chi connectivity index (χ0n) is 23.3. The molecule has 3 aromatic heterocycles. The molecular formula is C38H25N5. The Morgan fingerprint density at radius 1 is 0.651 bits per heavy atom. The Labute approximate surface area is 249 Å². The highest BCUT2D eigenvalue weighted by molar-refractivity contribution is 5.97. The SMILES string of the molecule is N#Cc1ccc2cc(-c3ccc(-c4ccc(-c5ccc(-n6c7c(c8ccccc86)CCN=C7)cc5)cn4)nc3)ccc2c1. The second-order valence-corrected chi connectivity index (χ2v) is 10.8. The number of benzene rings is 4. The van der Waals surface area contributed by atoms with E-state index in [-0.39, 0.29) is 0 Å². The third kappa shape index (κ3) is 4.37. The number of aromatic nitrogens is 3. The van der Waals surface area contributed by atoms with Crippen LogP contribution in [0.25, 0.3) is 61.0 Å². The summed E-state index contributed by atoms with van der Waals surface area (Å²) in [4.78, 5) is 14.0. The van der Waals surface area contributed by atoms with E-state index in [1.807, 2.05) is 48.9 Å². The largest absolute Gasteiger partial charge is 0.308 e. The predicted molar refractivity (Wildman–Crippen MR) is 174 cm³/mol. The van der Waals surface area contributed by atoms with E-state index in [2.05, 4.69) is 94.5 Å². The first kappa shape index (κ1) is 24.9. The van der Waals surface area contributed by atoms with Gasteiger partial charge >= 0.3 is 0 Å². The van der Waals surface area contributed by atoms with Gasteiger partial charge in [0.15, 0.2) is 0 Å². The molecule has 0 radical (unpaired) electrons. The van der Waals surface area contributed by atoms with E-state index in [0.717, 1.165) is 63.1 Å². The highest BCUT2D eigenvalue weighted by atomic mass is 15.0. The number of pyridine rings is 2. The molecule has 0 N–H and O–H groups in total. The minimum atomic E-state index is 0.668. The maximum absolute atomic E-state index is 9.16. The van der Waals surface area contributed by atoms with Gasteiger partial charge in [0, 0.05) is 47.4 Å². The van der Waals surface area contributed by atoms with Gasteiger partial charge in [0.2, 0.25) is 0 Å². The Kier molecular flexibility index (Phi) is 5.91. The summed E-state index contributed by atoms with van der Waals surface area (Å²) >= 11 is 0. The van der Waals surface area contributed by atoms with Crippen molar-refractivity contribution in [3.05, 3.63) is 138 Å². The van der Waals surface area contributed by atoms with E-state index >= 15 is 0 Å². The Morgan fingerprint density at radius 3 is 2.07 bits per heavy atom. The smallest absolute Gasteiger partial charge is 0.0991 e. The number of aliphatic imine (C=N–C) groups is 1. The Hall–Kier alpha value is -5.86. The molecule has 0 saturated carbocycles. The van der Waals surface area contributed by atoms with E-state index in [1.54, 1.807) is 0 Å². The van der Waals surface area contributed by atoms with Crippen LogP contribution in [-0.2, 0) is 6.42 Å². The summed E-state index contributed by atoms with van der Waals surface area (Å²) in [7, 11) is 0. The summed E-state index contributed by atoms with van der Waals surface area (Å²) < 4.78 is 2.32. The first-order chi connectivity index (χ1) is 21.2. The third-order valence-corrected chi connectivity index (χ3v) is 8.28. The quantitative estimate of drug-likeness (QED) is 0.221. The molecule has 5 heteroatoms. The van der Waals surface area contributed by atoms with Gasteiger partial charge in [-0.1, -0.05) is 60.7 Å². The number of nitrogens with zero attached hydrogens (tertiary/aromatic N) is 5. The maximum Gasteiger partial charge on any atom is 0.0991 e. The summed E-state index contributed by atoms with van der Waals surface area (Å²) in [6.07, 6.45) is 6.80. The second kappa shape index (κ2) is 10.2. The average Bonchev–Trinajstić information content (AvgIpc) is 3.42. The lowest BCUT2D eigenvalue weighted by molar-refractivity contribution is 0.940. The van der Waals surface area contributed by atoms with Gasteiger partial charge in [0.05, 0.1) is 34.2 Å². The van der Waals surface area contributed by atoms with Gasteiger partial charge in [-0.2, -0.15) is 5.26 Å². The lowest BCUT2D eigenvalue weighted by Gasteiger charge is -2.12. The molecular weight excluding hydrogens is 526 g/mol. The summed E-state index contributed by atoms with van der Waals surface area (Å²) in [5.74, 6) is 0. The molecule has 0 spiro atoms. The topological polar surface area (TPSA) is 66.9 Å². The number of nitriles is 1. The molecule has 0 amide bonds. The van der Waals surface area contributed by atoms with Gasteiger partial charge in [0.1, 0.15) is 0 Å².